The van der Waals surface area contributed by atoms with Gasteiger partial charge < -0.3 is 10.1 Å². The maximum Gasteiger partial charge on any atom is 0.0507 e. The van der Waals surface area contributed by atoms with Gasteiger partial charge >= 0.3 is 0 Å². The molecule has 0 radical (unpaired) electrons. The SMILES string of the molecule is c1cc2c(s1)CCN(CCNCC1CCOC1)C2. The summed E-state index contributed by atoms with van der Waals surface area (Å²) in [6.45, 7) is 7.68. The van der Waals surface area contributed by atoms with Crippen LogP contribution in [0.1, 0.15) is 16.9 Å². The topological polar surface area (TPSA) is 24.5 Å². The maximum atomic E-state index is 5.39. The van der Waals surface area contributed by atoms with Crippen molar-refractivity contribution < 1.29 is 4.74 Å². The molecular formula is C14H22N2OS. The quantitative estimate of drug-likeness (QED) is 0.822. The second-order valence-corrected chi connectivity index (χ2v) is 6.33. The van der Waals surface area contributed by atoms with Gasteiger partial charge in [0.15, 0.2) is 0 Å². The van der Waals surface area contributed by atoms with Crippen LogP contribution < -0.4 is 5.32 Å². The lowest BCUT2D eigenvalue weighted by Gasteiger charge is -2.27. The molecule has 3 rings (SSSR count). The van der Waals surface area contributed by atoms with Gasteiger partial charge in [-0.2, -0.15) is 0 Å². The second kappa shape index (κ2) is 6.15. The third-order valence-corrected chi connectivity index (χ3v) is 4.97. The Morgan fingerprint density at radius 1 is 1.50 bits per heavy atom. The summed E-state index contributed by atoms with van der Waals surface area (Å²) in [5.74, 6) is 0.745. The predicted octanol–water partition coefficient (Wildman–Crippen LogP) is 1.73. The Labute approximate surface area is 113 Å². The van der Waals surface area contributed by atoms with Crippen molar-refractivity contribution >= 4 is 11.3 Å². The molecule has 2 aliphatic rings. The fraction of sp³-hybridized carbons (Fsp3) is 0.714. The van der Waals surface area contributed by atoms with Crippen molar-refractivity contribution in [3.05, 3.63) is 21.9 Å². The monoisotopic (exact) mass is 266 g/mol. The van der Waals surface area contributed by atoms with Gasteiger partial charge in [0.2, 0.25) is 0 Å². The first kappa shape index (κ1) is 12.6. The third kappa shape index (κ3) is 3.12. The molecule has 1 unspecified atom stereocenters. The van der Waals surface area contributed by atoms with E-state index in [2.05, 4.69) is 21.7 Å². The maximum absolute atomic E-state index is 5.39. The minimum atomic E-state index is 0.745. The Balaban J connectivity index is 1.34. The van der Waals surface area contributed by atoms with Gasteiger partial charge in [-0.3, -0.25) is 4.90 Å². The molecule has 1 aromatic heterocycles. The molecule has 0 bridgehead atoms. The number of thiophene rings is 1. The van der Waals surface area contributed by atoms with Gasteiger partial charge in [-0.05, 0) is 35.8 Å². The molecule has 3 nitrogen and oxygen atoms in total. The Bertz CT molecular complexity index is 374. The lowest BCUT2D eigenvalue weighted by molar-refractivity contribution is 0.184. The van der Waals surface area contributed by atoms with Crippen molar-refractivity contribution in [3.8, 4) is 0 Å². The Kier molecular flexibility index (Phi) is 4.31. The smallest absolute Gasteiger partial charge is 0.0507 e. The number of rotatable bonds is 5. The van der Waals surface area contributed by atoms with E-state index in [1.165, 1.54) is 25.9 Å². The standard InChI is InChI=1S/C14H22N2OS/c1-5-16(10-13-3-8-18-14(1)13)6-4-15-9-12-2-7-17-11-12/h3,8,12,15H,1-2,4-7,9-11H2. The van der Waals surface area contributed by atoms with Crippen LogP contribution >= 0.6 is 11.3 Å². The molecule has 1 atom stereocenters. The summed E-state index contributed by atoms with van der Waals surface area (Å²) in [4.78, 5) is 4.16. The molecule has 0 amide bonds. The van der Waals surface area contributed by atoms with Crippen LogP contribution in [-0.2, 0) is 17.7 Å². The summed E-state index contributed by atoms with van der Waals surface area (Å²) in [7, 11) is 0. The highest BCUT2D eigenvalue weighted by Crippen LogP contribution is 2.23. The van der Waals surface area contributed by atoms with Crippen molar-refractivity contribution in [1.29, 1.82) is 0 Å². The lowest BCUT2D eigenvalue weighted by Crippen LogP contribution is -2.36. The molecule has 4 heteroatoms. The first-order valence-corrected chi connectivity index (χ1v) is 7.86. The summed E-state index contributed by atoms with van der Waals surface area (Å²) < 4.78 is 5.39. The van der Waals surface area contributed by atoms with E-state index in [1.807, 2.05) is 11.3 Å². The van der Waals surface area contributed by atoms with Gasteiger partial charge in [0, 0.05) is 44.2 Å². The number of fused-ring (bicyclic) bond motifs is 1. The molecule has 3 heterocycles. The van der Waals surface area contributed by atoms with E-state index in [9.17, 15) is 0 Å². The van der Waals surface area contributed by atoms with Gasteiger partial charge in [-0.1, -0.05) is 0 Å². The van der Waals surface area contributed by atoms with E-state index in [0.717, 1.165) is 38.8 Å². The van der Waals surface area contributed by atoms with Crippen molar-refractivity contribution in [1.82, 2.24) is 10.2 Å². The lowest BCUT2D eigenvalue weighted by atomic mass is 10.1. The molecule has 0 saturated carbocycles. The first-order valence-electron chi connectivity index (χ1n) is 6.98. The van der Waals surface area contributed by atoms with Crippen LogP contribution in [-0.4, -0.2) is 44.3 Å². The van der Waals surface area contributed by atoms with Crippen LogP contribution in [0.2, 0.25) is 0 Å². The molecule has 1 N–H and O–H groups in total. The first-order chi connectivity index (χ1) is 8.92. The van der Waals surface area contributed by atoms with E-state index in [4.69, 9.17) is 4.74 Å². The largest absolute Gasteiger partial charge is 0.381 e. The van der Waals surface area contributed by atoms with Crippen molar-refractivity contribution in [2.24, 2.45) is 5.92 Å². The van der Waals surface area contributed by atoms with Crippen molar-refractivity contribution in [2.45, 2.75) is 19.4 Å². The molecule has 0 aliphatic carbocycles. The predicted molar refractivity (Wildman–Crippen MR) is 75.1 cm³/mol. The summed E-state index contributed by atoms with van der Waals surface area (Å²) in [6.07, 6.45) is 2.47. The zero-order chi connectivity index (χ0) is 12.2. The molecule has 0 aromatic carbocycles. The van der Waals surface area contributed by atoms with Crippen LogP contribution in [0.15, 0.2) is 11.4 Å². The summed E-state index contributed by atoms with van der Waals surface area (Å²) in [5.41, 5.74) is 1.55. The minimum absolute atomic E-state index is 0.745. The fourth-order valence-electron chi connectivity index (χ4n) is 2.79. The third-order valence-electron chi connectivity index (χ3n) is 3.95. The van der Waals surface area contributed by atoms with Crippen LogP contribution in [0.3, 0.4) is 0 Å². The van der Waals surface area contributed by atoms with Gasteiger partial charge in [0.25, 0.3) is 0 Å². The number of nitrogens with zero attached hydrogens (tertiary/aromatic N) is 1. The van der Waals surface area contributed by atoms with Gasteiger partial charge in [0.1, 0.15) is 0 Å². The highest BCUT2D eigenvalue weighted by molar-refractivity contribution is 7.10. The molecule has 2 aliphatic heterocycles. The highest BCUT2D eigenvalue weighted by atomic mass is 32.1. The van der Waals surface area contributed by atoms with Crippen LogP contribution in [0.5, 0.6) is 0 Å². The van der Waals surface area contributed by atoms with E-state index >= 15 is 0 Å². The molecule has 100 valence electrons. The van der Waals surface area contributed by atoms with Crippen LogP contribution in [0.4, 0.5) is 0 Å². The number of hydrogen-bond acceptors (Lipinski definition) is 4. The zero-order valence-corrected chi connectivity index (χ0v) is 11.7. The van der Waals surface area contributed by atoms with Gasteiger partial charge in [-0.15, -0.1) is 11.3 Å². The normalized spacial score (nSPS) is 24.3. The molecule has 0 spiro atoms. The molecule has 1 aromatic rings. The van der Waals surface area contributed by atoms with Gasteiger partial charge in [0.05, 0.1) is 6.61 Å². The molecule has 18 heavy (non-hydrogen) atoms. The van der Waals surface area contributed by atoms with Crippen LogP contribution in [0, 0.1) is 5.92 Å². The number of ether oxygens (including phenoxy) is 1. The molecule has 1 fully saturated rings. The zero-order valence-electron chi connectivity index (χ0n) is 10.9. The summed E-state index contributed by atoms with van der Waals surface area (Å²) in [6, 6.07) is 2.29. The van der Waals surface area contributed by atoms with E-state index in [-0.39, 0.29) is 0 Å². The Morgan fingerprint density at radius 3 is 3.39 bits per heavy atom. The van der Waals surface area contributed by atoms with Crippen molar-refractivity contribution in [2.75, 3.05) is 39.4 Å². The van der Waals surface area contributed by atoms with E-state index in [1.54, 1.807) is 10.4 Å². The Morgan fingerprint density at radius 2 is 2.50 bits per heavy atom. The Hall–Kier alpha value is -0.420. The van der Waals surface area contributed by atoms with Crippen molar-refractivity contribution in [3.63, 3.8) is 0 Å². The van der Waals surface area contributed by atoms with E-state index < -0.39 is 0 Å². The summed E-state index contributed by atoms with van der Waals surface area (Å²) >= 11 is 1.92. The summed E-state index contributed by atoms with van der Waals surface area (Å²) in [5, 5.41) is 5.80. The molecular weight excluding hydrogens is 244 g/mol. The minimum Gasteiger partial charge on any atom is -0.381 e. The number of nitrogens with one attached hydrogen (secondary N) is 1. The van der Waals surface area contributed by atoms with Gasteiger partial charge in [-0.25, -0.2) is 0 Å². The fourth-order valence-corrected chi connectivity index (χ4v) is 3.68. The van der Waals surface area contributed by atoms with E-state index in [0.29, 0.717) is 0 Å². The molecule has 1 saturated heterocycles. The highest BCUT2D eigenvalue weighted by Gasteiger charge is 2.17. The average Bonchev–Trinajstić information content (AvgIpc) is 3.05. The second-order valence-electron chi connectivity index (χ2n) is 5.33. The number of hydrogen-bond donors (Lipinski definition) is 1. The average molecular weight is 266 g/mol. The van der Waals surface area contributed by atoms with Crippen LogP contribution in [0.25, 0.3) is 0 Å².